The second-order valence-electron chi connectivity index (χ2n) is 17.2. The fourth-order valence-corrected chi connectivity index (χ4v) is 8.33. The molecule has 0 spiro atoms. The van der Waals surface area contributed by atoms with Crippen molar-refractivity contribution in [2.24, 2.45) is 11.8 Å². The quantitative estimate of drug-likeness (QED) is 0.101. The normalized spacial score (nSPS) is 21.7. The van der Waals surface area contributed by atoms with Gasteiger partial charge in [0.25, 0.3) is 0 Å². The van der Waals surface area contributed by atoms with Gasteiger partial charge in [0, 0.05) is 98.8 Å². The molecule has 28 N–H and O–H groups in total. The average Bonchev–Trinajstić information content (AvgIpc) is 3.34. The first-order chi connectivity index (χ1) is 32.5. The van der Waals surface area contributed by atoms with Gasteiger partial charge in [-0.25, -0.2) is 10.4 Å². The molecule has 2 saturated carbocycles. The van der Waals surface area contributed by atoms with Crippen LogP contribution in [0.4, 0.5) is 0 Å². The van der Waals surface area contributed by atoms with Crippen LogP contribution in [0, 0.1) is 58.5 Å². The van der Waals surface area contributed by atoms with Gasteiger partial charge in [-0.3, -0.25) is 0 Å². The maximum Gasteiger partial charge on any atom is 2.00 e. The molecular weight excluding hydrogens is 1360 g/mol. The predicted octanol–water partition coefficient (Wildman–Crippen LogP) is -0.213. The Morgan fingerprint density at radius 3 is 1.05 bits per heavy atom. The van der Waals surface area contributed by atoms with E-state index < -0.39 is 42.5 Å². The minimum absolute atomic E-state index is 0. The van der Waals surface area contributed by atoms with E-state index in [-0.39, 0.29) is 183 Å². The van der Waals surface area contributed by atoms with E-state index in [2.05, 4.69) is 39.5 Å². The third kappa shape index (κ3) is 45.5. The van der Waals surface area contributed by atoms with Gasteiger partial charge in [0.05, 0.1) is 12.2 Å². The molecule has 0 radical (unpaired) electrons. The van der Waals surface area contributed by atoms with Crippen LogP contribution in [0.3, 0.4) is 0 Å². The van der Waals surface area contributed by atoms with Gasteiger partial charge in [-0.05, 0) is 37.8 Å². The minimum atomic E-state index is -1.60. The van der Waals surface area contributed by atoms with Gasteiger partial charge in [0.1, 0.15) is 16.4 Å². The van der Waals surface area contributed by atoms with Crippen molar-refractivity contribution in [3.8, 4) is 11.5 Å². The van der Waals surface area contributed by atoms with Crippen LogP contribution in [0.2, 0.25) is 0 Å². The smallest absolute Gasteiger partial charge is 0.686 e. The van der Waals surface area contributed by atoms with Gasteiger partial charge in [-0.15, -0.1) is 38.3 Å². The molecule has 32 heteroatoms. The second-order valence-corrected chi connectivity index (χ2v) is 17.2. The molecule has 4 aliphatic heterocycles. The van der Waals surface area contributed by atoms with Crippen molar-refractivity contribution in [2.45, 2.75) is 165 Å². The van der Waals surface area contributed by atoms with Crippen molar-refractivity contribution in [2.75, 3.05) is 26.2 Å². The van der Waals surface area contributed by atoms with E-state index >= 15 is 0 Å². The summed E-state index contributed by atoms with van der Waals surface area (Å²) in [7, 11) is 0. The number of piperidine rings is 3. The molecule has 2 aliphatic carbocycles. The number of hydrogen-bond donors (Lipinski definition) is 14. The Balaban J connectivity index is -0.0000000761. The number of nitrogens with zero attached hydrogens (tertiary/aromatic N) is 5. The standard InChI is InChI=1S/C10H18N2.C10H14N2.2C7H14O3.2C7H8O3.Ce.4Fe.H2NO3.7H2O/c2*1-3-7-11-9(5-1)10-6-2-4-8-12-10;4*8-6-4-2-1-3-5(6)7(9)10;;;;;;2-1(3)4;;;;;;;/h9-10H,1-8H2;1,3,5,10H,2,4,6-8H2;2*5-10H,1-4H2;2*1-4,7-10H;;;;;;(H2,2,3,4);7*1H2/q2*-2;;;;;;;;2*+2;+1;;;;;;;. The minimum Gasteiger partial charge on any atom is -0.686 e. The third-order valence-corrected chi connectivity index (χ3v) is 12.1. The molecule has 4 heterocycles. The van der Waals surface area contributed by atoms with Crippen LogP contribution in [0.1, 0.15) is 133 Å². The van der Waals surface area contributed by atoms with Gasteiger partial charge >= 0.3 is 39.2 Å². The maximum absolute atomic E-state index is 9.22. The van der Waals surface area contributed by atoms with E-state index in [0.717, 1.165) is 64.7 Å². The first kappa shape index (κ1) is 104. The Hall–Kier alpha value is -0.825. The van der Waals surface area contributed by atoms with E-state index in [9.17, 15) is 10.2 Å². The number of allylic oxidation sites excluding steroid dienone is 2. The number of aliphatic hydroxyl groups excluding tert-OH is 6. The second kappa shape index (κ2) is 62.7. The zero-order chi connectivity index (χ0) is 50.3. The zero-order valence-electron chi connectivity index (χ0n) is 44.4. The predicted molar refractivity (Wildman–Crippen MR) is 278 cm³/mol. The van der Waals surface area contributed by atoms with Gasteiger partial charge in [-0.1, -0.05) is 132 Å². The molecular formula is C48H92CeFe4N5O22+. The molecule has 7 unspecified atom stereocenters. The summed E-state index contributed by atoms with van der Waals surface area (Å²) >= 11 is 0. The summed E-state index contributed by atoms with van der Waals surface area (Å²) in [5.74, 6) is -0.822. The van der Waals surface area contributed by atoms with Crippen LogP contribution in [0.15, 0.2) is 72.5 Å². The molecule has 0 aromatic heterocycles. The summed E-state index contributed by atoms with van der Waals surface area (Å²) in [6.07, 6.45) is 18.0. The van der Waals surface area contributed by atoms with E-state index in [1.165, 1.54) is 87.7 Å². The Kier molecular flexibility index (Phi) is 81.6. The number of aromatic hydroxyl groups is 2. The monoisotopic (exact) mass is 1450 g/mol. The van der Waals surface area contributed by atoms with E-state index in [4.69, 9.17) is 66.4 Å². The number of phenols is 2. The van der Waals surface area contributed by atoms with Crippen molar-refractivity contribution in [1.29, 1.82) is 0 Å². The van der Waals surface area contributed by atoms with Crippen molar-refractivity contribution in [1.82, 2.24) is 0 Å². The van der Waals surface area contributed by atoms with Crippen molar-refractivity contribution < 1.29 is 225 Å². The van der Waals surface area contributed by atoms with Gasteiger partial charge in [-0.2, -0.15) is 17.8 Å². The van der Waals surface area contributed by atoms with Crippen LogP contribution in [0.5, 0.6) is 11.5 Å². The number of rotatable bonds is 6. The van der Waals surface area contributed by atoms with E-state index in [0.29, 0.717) is 31.0 Å². The largest absolute Gasteiger partial charge is 2.00 e. The molecule has 3 saturated heterocycles. The molecule has 0 amide bonds. The Morgan fingerprint density at radius 2 is 0.812 bits per heavy atom. The van der Waals surface area contributed by atoms with E-state index in [1.807, 2.05) is 0 Å². The average molecular weight is 1450 g/mol. The molecule has 6 aliphatic rings. The van der Waals surface area contributed by atoms with Crippen LogP contribution in [-0.2, 0) is 68.3 Å². The fraction of sp³-hybridized carbons (Fsp3) is 0.667. The zero-order valence-corrected chi connectivity index (χ0v) is 51.9. The molecule has 0 bridgehead atoms. The molecule has 5 fully saturated rings. The van der Waals surface area contributed by atoms with Gasteiger partial charge in [0.2, 0.25) is 0 Å². The summed E-state index contributed by atoms with van der Waals surface area (Å²) in [6, 6.07) is 13.7. The van der Waals surface area contributed by atoms with E-state index in [1.54, 1.807) is 24.3 Å². The molecule has 80 heavy (non-hydrogen) atoms. The Labute approximate surface area is 544 Å². The van der Waals surface area contributed by atoms with Crippen molar-refractivity contribution in [3.63, 3.8) is 0 Å². The molecule has 8 rings (SSSR count). The van der Waals surface area contributed by atoms with Crippen LogP contribution >= 0.6 is 0 Å². The third-order valence-electron chi connectivity index (χ3n) is 12.1. The van der Waals surface area contributed by atoms with Gasteiger partial charge in [0.15, 0.2) is 25.2 Å². The van der Waals surface area contributed by atoms with Gasteiger partial charge < -0.3 is 121 Å². The Morgan fingerprint density at radius 1 is 0.487 bits per heavy atom. The number of benzene rings is 2. The summed E-state index contributed by atoms with van der Waals surface area (Å²) in [5, 5.41) is 137. The molecule has 476 valence electrons. The number of aliphatic hydroxyl groups is 10. The molecule has 27 nitrogen and oxygen atoms in total. The topological polar surface area (TPSA) is 580 Å². The van der Waals surface area contributed by atoms with Crippen LogP contribution < -0.4 is 0 Å². The summed E-state index contributed by atoms with van der Waals surface area (Å²) in [6.45, 7) is 4.06. The SMILES string of the molecule is C1=CC[N-]C(C2CCCC[N-]2)=C1.C1CCC(C2CCCC[N-]2)[N-]C1.O.O.O.O.O.O.O.O=[N+](O)O.OC(O)C1CCCCC1O.OC(O)C1CCCCC1O.Oc1ccccc1C(O)O.Oc1ccccc1C(O)O.[Ce].[Fe+2].[Fe+2].[Fe].[Fe]. The number of phenolic OH excluding ortho intramolecular Hbond substituents is 2. The van der Waals surface area contributed by atoms with Crippen LogP contribution in [-0.4, -0.2) is 184 Å². The van der Waals surface area contributed by atoms with Crippen molar-refractivity contribution >= 4 is 0 Å². The molecule has 2 aromatic rings. The van der Waals surface area contributed by atoms with Crippen LogP contribution in [0.25, 0.3) is 21.3 Å². The Bertz CT molecular complexity index is 1620. The van der Waals surface area contributed by atoms with Crippen molar-refractivity contribution in [3.05, 3.63) is 110 Å². The fourth-order valence-electron chi connectivity index (χ4n) is 8.33. The number of para-hydroxylation sites is 2. The summed E-state index contributed by atoms with van der Waals surface area (Å²) < 4.78 is 0. The summed E-state index contributed by atoms with van der Waals surface area (Å²) in [5.41, 5.74) is 1.45. The number of hydrogen-bond acceptors (Lipinski definition) is 13. The summed E-state index contributed by atoms with van der Waals surface area (Å²) in [4.78, 5) is 8.47. The maximum atomic E-state index is 9.22. The first-order valence-electron chi connectivity index (χ1n) is 23.8. The molecule has 2 aromatic carbocycles. The molecule has 7 atom stereocenters. The first-order valence-corrected chi connectivity index (χ1v) is 23.8.